The molecule has 1 aliphatic rings. The van der Waals surface area contributed by atoms with E-state index in [-0.39, 0.29) is 0 Å². The summed E-state index contributed by atoms with van der Waals surface area (Å²) in [4.78, 5) is 2.40. The second-order valence-electron chi connectivity index (χ2n) is 4.28. The van der Waals surface area contributed by atoms with Crippen LogP contribution in [0, 0.1) is 5.92 Å². The smallest absolute Gasteiger partial charge is 0.119 e. The van der Waals surface area contributed by atoms with E-state index in [9.17, 15) is 0 Å². The van der Waals surface area contributed by atoms with Gasteiger partial charge in [-0.1, -0.05) is 6.92 Å². The molecule has 1 fully saturated rings. The third-order valence-corrected chi connectivity index (χ3v) is 2.70. The minimum atomic E-state index is 0.761. The Kier molecular flexibility index (Phi) is 3.11. The summed E-state index contributed by atoms with van der Waals surface area (Å²) in [7, 11) is 0. The van der Waals surface area contributed by atoms with Crippen LogP contribution in [0.2, 0.25) is 0 Å². The van der Waals surface area contributed by atoms with Crippen LogP contribution in [0.5, 0.6) is 5.75 Å². The molecular weight excluding hydrogens is 188 g/mol. The van der Waals surface area contributed by atoms with Crippen LogP contribution in [-0.4, -0.2) is 31.1 Å². The maximum atomic E-state index is 5.61. The molecular formula is C12H18N2O. The number of benzene rings is 1. The fourth-order valence-corrected chi connectivity index (χ4v) is 1.87. The average molecular weight is 206 g/mol. The molecule has 2 N–H and O–H groups in total. The van der Waals surface area contributed by atoms with Crippen molar-refractivity contribution < 1.29 is 4.74 Å². The van der Waals surface area contributed by atoms with E-state index in [1.54, 1.807) is 0 Å². The van der Waals surface area contributed by atoms with Crippen LogP contribution in [0.25, 0.3) is 0 Å². The van der Waals surface area contributed by atoms with Crippen molar-refractivity contribution in [1.29, 1.82) is 0 Å². The van der Waals surface area contributed by atoms with E-state index in [0.717, 1.165) is 30.5 Å². The monoisotopic (exact) mass is 206 g/mol. The number of nitrogens with zero attached hydrogens (tertiary/aromatic N) is 1. The molecule has 82 valence electrons. The minimum Gasteiger partial charge on any atom is -0.492 e. The minimum absolute atomic E-state index is 0.761. The van der Waals surface area contributed by atoms with Crippen LogP contribution >= 0.6 is 0 Å². The molecule has 0 amide bonds. The van der Waals surface area contributed by atoms with Crippen LogP contribution in [0.4, 0.5) is 5.69 Å². The Hall–Kier alpha value is -1.22. The predicted molar refractivity (Wildman–Crippen MR) is 62.0 cm³/mol. The van der Waals surface area contributed by atoms with Gasteiger partial charge in [0.2, 0.25) is 0 Å². The summed E-state index contributed by atoms with van der Waals surface area (Å²) in [6.07, 6.45) is 0. The number of nitrogen functional groups attached to an aromatic ring is 1. The zero-order valence-electron chi connectivity index (χ0n) is 9.15. The Labute approximate surface area is 90.8 Å². The van der Waals surface area contributed by atoms with E-state index in [0.29, 0.717) is 0 Å². The zero-order chi connectivity index (χ0) is 10.7. The van der Waals surface area contributed by atoms with E-state index >= 15 is 0 Å². The Morgan fingerprint density at radius 2 is 2.00 bits per heavy atom. The van der Waals surface area contributed by atoms with Gasteiger partial charge in [-0.25, -0.2) is 0 Å². The Balaban J connectivity index is 1.67. The largest absolute Gasteiger partial charge is 0.492 e. The van der Waals surface area contributed by atoms with E-state index in [4.69, 9.17) is 10.5 Å². The predicted octanol–water partition coefficient (Wildman–Crippen LogP) is 1.60. The average Bonchev–Trinajstić information content (AvgIpc) is 2.18. The van der Waals surface area contributed by atoms with Gasteiger partial charge in [0.25, 0.3) is 0 Å². The summed E-state index contributed by atoms with van der Waals surface area (Å²) in [6.45, 7) is 6.48. The van der Waals surface area contributed by atoms with Crippen molar-refractivity contribution in [2.24, 2.45) is 5.92 Å². The standard InChI is InChI=1S/C12H18N2O/c1-10-8-14(9-10)6-7-15-12-4-2-11(13)3-5-12/h2-5,10H,6-9,13H2,1H3. The summed E-state index contributed by atoms with van der Waals surface area (Å²) < 4.78 is 5.61. The molecule has 1 aromatic carbocycles. The number of hydrogen-bond acceptors (Lipinski definition) is 3. The lowest BCUT2D eigenvalue weighted by atomic mass is 10.0. The first-order valence-electron chi connectivity index (χ1n) is 5.45. The lowest BCUT2D eigenvalue weighted by Gasteiger charge is -2.36. The van der Waals surface area contributed by atoms with Crippen molar-refractivity contribution in [3.63, 3.8) is 0 Å². The number of ether oxygens (including phenoxy) is 1. The first-order valence-corrected chi connectivity index (χ1v) is 5.45. The van der Waals surface area contributed by atoms with Gasteiger partial charge in [-0.05, 0) is 30.2 Å². The van der Waals surface area contributed by atoms with E-state index in [1.165, 1.54) is 13.1 Å². The van der Waals surface area contributed by atoms with Crippen LogP contribution in [0.1, 0.15) is 6.92 Å². The SMILES string of the molecule is CC1CN(CCOc2ccc(N)cc2)C1. The van der Waals surface area contributed by atoms with Gasteiger partial charge in [0.15, 0.2) is 0 Å². The fourth-order valence-electron chi connectivity index (χ4n) is 1.87. The van der Waals surface area contributed by atoms with Crippen LogP contribution in [0.15, 0.2) is 24.3 Å². The molecule has 0 aromatic heterocycles. The van der Waals surface area contributed by atoms with Crippen LogP contribution < -0.4 is 10.5 Å². The normalized spacial score (nSPS) is 17.4. The van der Waals surface area contributed by atoms with Gasteiger partial charge >= 0.3 is 0 Å². The molecule has 0 aliphatic carbocycles. The molecule has 1 aromatic rings. The van der Waals surface area contributed by atoms with Gasteiger partial charge < -0.3 is 10.5 Å². The topological polar surface area (TPSA) is 38.5 Å². The molecule has 1 heterocycles. The first kappa shape index (κ1) is 10.3. The van der Waals surface area contributed by atoms with E-state index < -0.39 is 0 Å². The maximum Gasteiger partial charge on any atom is 0.119 e. The zero-order valence-corrected chi connectivity index (χ0v) is 9.15. The number of anilines is 1. The van der Waals surface area contributed by atoms with Gasteiger partial charge in [-0.2, -0.15) is 0 Å². The molecule has 0 atom stereocenters. The molecule has 1 saturated heterocycles. The van der Waals surface area contributed by atoms with Gasteiger partial charge in [-0.15, -0.1) is 0 Å². The van der Waals surface area contributed by atoms with Crippen LogP contribution in [0.3, 0.4) is 0 Å². The molecule has 0 bridgehead atoms. The third-order valence-electron chi connectivity index (χ3n) is 2.70. The number of rotatable bonds is 4. The van der Waals surface area contributed by atoms with Crippen LogP contribution in [-0.2, 0) is 0 Å². The molecule has 0 spiro atoms. The van der Waals surface area contributed by atoms with Gasteiger partial charge in [0.1, 0.15) is 12.4 Å². The van der Waals surface area contributed by atoms with Crippen molar-refractivity contribution in [3.8, 4) is 5.75 Å². The summed E-state index contributed by atoms with van der Waals surface area (Å²) in [5.41, 5.74) is 6.36. The summed E-state index contributed by atoms with van der Waals surface area (Å²) in [6, 6.07) is 7.55. The van der Waals surface area contributed by atoms with Crippen molar-refractivity contribution in [2.45, 2.75) is 6.92 Å². The summed E-state index contributed by atoms with van der Waals surface area (Å²) >= 11 is 0. The van der Waals surface area contributed by atoms with Crippen molar-refractivity contribution in [3.05, 3.63) is 24.3 Å². The van der Waals surface area contributed by atoms with Gasteiger partial charge in [0.05, 0.1) is 0 Å². The van der Waals surface area contributed by atoms with E-state index in [1.807, 2.05) is 24.3 Å². The number of nitrogens with two attached hydrogens (primary N) is 1. The molecule has 0 unspecified atom stereocenters. The molecule has 2 rings (SSSR count). The second-order valence-corrected chi connectivity index (χ2v) is 4.28. The third kappa shape index (κ3) is 2.86. The lowest BCUT2D eigenvalue weighted by molar-refractivity contribution is 0.0932. The van der Waals surface area contributed by atoms with Gasteiger partial charge in [0, 0.05) is 25.3 Å². The Morgan fingerprint density at radius 3 is 2.60 bits per heavy atom. The number of hydrogen-bond donors (Lipinski definition) is 1. The fraction of sp³-hybridized carbons (Fsp3) is 0.500. The highest BCUT2D eigenvalue weighted by Gasteiger charge is 2.21. The number of likely N-dealkylation sites (tertiary alicyclic amines) is 1. The highest BCUT2D eigenvalue weighted by Crippen LogP contribution is 2.15. The Morgan fingerprint density at radius 1 is 1.33 bits per heavy atom. The first-order chi connectivity index (χ1) is 7.24. The van der Waals surface area contributed by atoms with Crippen molar-refractivity contribution in [2.75, 3.05) is 32.0 Å². The molecule has 15 heavy (non-hydrogen) atoms. The van der Waals surface area contributed by atoms with Crippen molar-refractivity contribution >= 4 is 5.69 Å². The molecule has 0 saturated carbocycles. The molecule has 1 aliphatic heterocycles. The van der Waals surface area contributed by atoms with Gasteiger partial charge in [-0.3, -0.25) is 4.90 Å². The lowest BCUT2D eigenvalue weighted by Crippen LogP contribution is -2.46. The van der Waals surface area contributed by atoms with E-state index in [2.05, 4.69) is 11.8 Å². The quantitative estimate of drug-likeness (QED) is 0.760. The highest BCUT2D eigenvalue weighted by atomic mass is 16.5. The molecule has 3 heteroatoms. The Bertz CT molecular complexity index is 304. The summed E-state index contributed by atoms with van der Waals surface area (Å²) in [5, 5.41) is 0. The van der Waals surface area contributed by atoms with Crippen molar-refractivity contribution in [1.82, 2.24) is 4.90 Å². The maximum absolute atomic E-state index is 5.61. The highest BCUT2D eigenvalue weighted by molar-refractivity contribution is 5.41. The second kappa shape index (κ2) is 4.53. The molecule has 0 radical (unpaired) electrons. The summed E-state index contributed by atoms with van der Waals surface area (Å²) in [5.74, 6) is 1.76. The molecule has 3 nitrogen and oxygen atoms in total.